The summed E-state index contributed by atoms with van der Waals surface area (Å²) in [4.78, 5) is 5.83. The lowest BCUT2D eigenvalue weighted by Crippen LogP contribution is -2.23. The first kappa shape index (κ1) is 31.0. The number of pyridine rings is 1. The molecule has 0 saturated carbocycles. The number of ether oxygens (including phenoxy) is 1. The second kappa shape index (κ2) is 15.2. The average Bonchev–Trinajstić information content (AvgIpc) is 2.85. The van der Waals surface area contributed by atoms with E-state index >= 15 is 0 Å². The molecule has 0 atom stereocenters. The summed E-state index contributed by atoms with van der Waals surface area (Å²) in [6.45, 7) is 7.81. The van der Waals surface area contributed by atoms with Crippen LogP contribution in [0.25, 0.3) is 0 Å². The van der Waals surface area contributed by atoms with Crippen molar-refractivity contribution in [3.05, 3.63) is 76.4 Å². The normalized spacial score (nSPS) is 17.4. The Morgan fingerprint density at radius 3 is 2.39 bits per heavy atom. The van der Waals surface area contributed by atoms with Crippen molar-refractivity contribution in [1.82, 2.24) is 9.88 Å². The van der Waals surface area contributed by atoms with Crippen LogP contribution in [0.1, 0.15) is 59.8 Å². The third kappa shape index (κ3) is 9.91. The van der Waals surface area contributed by atoms with E-state index in [1.54, 1.807) is 13.0 Å². The van der Waals surface area contributed by atoms with Gasteiger partial charge in [0.2, 0.25) is 5.88 Å². The number of allylic oxidation sites excluding steroid dienone is 10. The van der Waals surface area contributed by atoms with Crippen LogP contribution >= 0.6 is 0 Å². The minimum absolute atomic E-state index is 0.000323. The summed E-state index contributed by atoms with van der Waals surface area (Å²) in [5.74, 6) is 0.0166. The number of hydrogen-bond donors (Lipinski definition) is 1. The standard InChI is InChI=1S/C22H31F4N.C6H7NO2/c1-6-11-17(22(24,25)26)14-20(21(23)8-3)19(16(4)7-2)15-18-12-9-10-13-27(18)5;1-9-6-3-2-5(8)4-7-6/h8,11,14-15H,6-7,9-10,12-13H2,1-5H3;2-4,8H,1H3/b17-11-,18-15-,19-16?,20-14-,21-8+;. The highest BCUT2D eigenvalue weighted by Gasteiger charge is 2.32. The van der Waals surface area contributed by atoms with E-state index in [0.29, 0.717) is 17.9 Å². The fourth-order valence-electron chi connectivity index (χ4n) is 3.52. The Balaban J connectivity index is 0.000000600. The molecule has 1 aromatic heterocycles. The van der Waals surface area contributed by atoms with Gasteiger partial charge in [-0.25, -0.2) is 9.37 Å². The summed E-state index contributed by atoms with van der Waals surface area (Å²) in [6.07, 6.45) is 5.78. The van der Waals surface area contributed by atoms with E-state index < -0.39 is 17.6 Å². The summed E-state index contributed by atoms with van der Waals surface area (Å²) in [5.41, 5.74) is 1.63. The third-order valence-corrected chi connectivity index (χ3v) is 5.75. The number of alkyl halides is 3. The lowest BCUT2D eigenvalue weighted by atomic mass is 9.93. The first-order chi connectivity index (χ1) is 17.0. The Labute approximate surface area is 212 Å². The van der Waals surface area contributed by atoms with Gasteiger partial charge >= 0.3 is 6.18 Å². The van der Waals surface area contributed by atoms with Crippen LogP contribution < -0.4 is 4.74 Å². The Hall–Kier alpha value is -3.03. The smallest absolute Gasteiger partial charge is 0.416 e. The molecule has 0 bridgehead atoms. The lowest BCUT2D eigenvalue weighted by Gasteiger charge is -2.28. The van der Waals surface area contributed by atoms with Gasteiger partial charge in [0.05, 0.1) is 18.9 Å². The summed E-state index contributed by atoms with van der Waals surface area (Å²) in [7, 11) is 3.50. The Bertz CT molecular complexity index is 988. The predicted molar refractivity (Wildman–Crippen MR) is 137 cm³/mol. The van der Waals surface area contributed by atoms with E-state index in [9.17, 15) is 17.6 Å². The van der Waals surface area contributed by atoms with Crippen LogP contribution in [0.2, 0.25) is 0 Å². The molecule has 200 valence electrons. The Kier molecular flexibility index (Phi) is 13.1. The van der Waals surface area contributed by atoms with Gasteiger partial charge in [0.15, 0.2) is 0 Å². The second-order valence-corrected chi connectivity index (χ2v) is 8.38. The van der Waals surface area contributed by atoms with E-state index in [1.165, 1.54) is 32.4 Å². The molecule has 2 heterocycles. The molecular weight excluding hydrogens is 472 g/mol. The molecule has 1 saturated heterocycles. The van der Waals surface area contributed by atoms with Crippen LogP contribution in [-0.4, -0.2) is 41.9 Å². The molecule has 1 aliphatic heterocycles. The third-order valence-electron chi connectivity index (χ3n) is 5.75. The Morgan fingerprint density at radius 1 is 1.22 bits per heavy atom. The average molecular weight is 511 g/mol. The zero-order valence-corrected chi connectivity index (χ0v) is 22.0. The topological polar surface area (TPSA) is 45.6 Å². The van der Waals surface area contributed by atoms with Crippen LogP contribution in [0.4, 0.5) is 17.6 Å². The molecule has 0 spiro atoms. The highest BCUT2D eigenvalue weighted by atomic mass is 19.4. The second-order valence-electron chi connectivity index (χ2n) is 8.38. The molecule has 0 aromatic carbocycles. The van der Waals surface area contributed by atoms with Crippen molar-refractivity contribution in [1.29, 1.82) is 0 Å². The van der Waals surface area contributed by atoms with E-state index in [1.807, 2.05) is 27.0 Å². The van der Waals surface area contributed by atoms with Crippen molar-refractivity contribution in [3.63, 3.8) is 0 Å². The van der Waals surface area contributed by atoms with Gasteiger partial charge in [-0.15, -0.1) is 0 Å². The van der Waals surface area contributed by atoms with Crippen LogP contribution in [0.5, 0.6) is 11.6 Å². The quantitative estimate of drug-likeness (QED) is 0.297. The molecule has 0 aliphatic carbocycles. The zero-order chi connectivity index (χ0) is 27.3. The van der Waals surface area contributed by atoms with Crippen molar-refractivity contribution < 1.29 is 27.4 Å². The first-order valence-electron chi connectivity index (χ1n) is 12.1. The molecule has 0 radical (unpaired) electrons. The number of likely N-dealkylation sites (tertiary alicyclic amines) is 1. The van der Waals surface area contributed by atoms with Gasteiger partial charge in [0.1, 0.15) is 11.6 Å². The van der Waals surface area contributed by atoms with Gasteiger partial charge in [-0.2, -0.15) is 13.2 Å². The molecule has 0 unspecified atom stereocenters. The molecular formula is C28H38F4N2O2. The number of nitrogens with zero attached hydrogens (tertiary/aromatic N) is 2. The van der Waals surface area contributed by atoms with Crippen LogP contribution in [0.3, 0.4) is 0 Å². The molecule has 0 amide bonds. The van der Waals surface area contributed by atoms with Gasteiger partial charge in [-0.3, -0.25) is 0 Å². The van der Waals surface area contributed by atoms with Gasteiger partial charge < -0.3 is 14.7 Å². The van der Waals surface area contributed by atoms with Crippen LogP contribution in [0.15, 0.2) is 76.4 Å². The largest absolute Gasteiger partial charge is 0.506 e. The van der Waals surface area contributed by atoms with Crippen molar-refractivity contribution in [2.24, 2.45) is 0 Å². The molecule has 1 N–H and O–H groups in total. The molecule has 2 rings (SSSR count). The lowest BCUT2D eigenvalue weighted by molar-refractivity contribution is -0.0884. The first-order valence-corrected chi connectivity index (χ1v) is 12.1. The van der Waals surface area contributed by atoms with Crippen molar-refractivity contribution in [3.8, 4) is 11.6 Å². The number of methoxy groups -OCH3 is 1. The van der Waals surface area contributed by atoms with E-state index in [2.05, 4.69) is 9.88 Å². The maximum Gasteiger partial charge on any atom is 0.416 e. The summed E-state index contributed by atoms with van der Waals surface area (Å²) in [5, 5.41) is 8.73. The van der Waals surface area contributed by atoms with E-state index in [0.717, 1.165) is 49.2 Å². The molecule has 36 heavy (non-hydrogen) atoms. The van der Waals surface area contributed by atoms with E-state index in [4.69, 9.17) is 9.84 Å². The fraction of sp³-hybridized carbons (Fsp3) is 0.464. The molecule has 4 nitrogen and oxygen atoms in total. The van der Waals surface area contributed by atoms with Gasteiger partial charge in [0, 0.05) is 30.9 Å². The summed E-state index contributed by atoms with van der Waals surface area (Å²) < 4.78 is 59.7. The fourth-order valence-corrected chi connectivity index (χ4v) is 3.52. The zero-order valence-electron chi connectivity index (χ0n) is 22.0. The summed E-state index contributed by atoms with van der Waals surface area (Å²) in [6, 6.07) is 3.11. The number of rotatable bonds is 7. The molecule has 1 aliphatic rings. The van der Waals surface area contributed by atoms with Gasteiger partial charge in [-0.1, -0.05) is 31.6 Å². The number of hydrogen-bond acceptors (Lipinski definition) is 4. The number of piperidine rings is 1. The maximum atomic E-state index is 14.7. The number of halogens is 4. The monoisotopic (exact) mass is 510 g/mol. The van der Waals surface area contributed by atoms with E-state index in [-0.39, 0.29) is 17.7 Å². The van der Waals surface area contributed by atoms with Crippen LogP contribution in [-0.2, 0) is 0 Å². The Morgan fingerprint density at radius 2 is 1.92 bits per heavy atom. The minimum Gasteiger partial charge on any atom is -0.506 e. The van der Waals surface area contributed by atoms with Crippen LogP contribution in [0, 0.1) is 0 Å². The SMILES string of the molecule is COc1ccc(O)cn1.C\C=C(F)/C(=C\C(=C\CC)C(F)(F)F)C(/C=C1/CCCCN1C)=C(C)CC. The predicted octanol–water partition coefficient (Wildman–Crippen LogP) is 8.21. The molecule has 1 fully saturated rings. The van der Waals surface area contributed by atoms with Crippen molar-refractivity contribution >= 4 is 0 Å². The number of aromatic hydroxyl groups is 1. The van der Waals surface area contributed by atoms with Gasteiger partial charge in [0.25, 0.3) is 0 Å². The maximum absolute atomic E-state index is 14.7. The van der Waals surface area contributed by atoms with Crippen molar-refractivity contribution in [2.75, 3.05) is 20.7 Å². The van der Waals surface area contributed by atoms with Gasteiger partial charge in [-0.05, 0) is 69.7 Å². The van der Waals surface area contributed by atoms with Crippen molar-refractivity contribution in [2.45, 2.75) is 66.0 Å². The number of aromatic nitrogens is 1. The molecule has 1 aromatic rings. The highest BCUT2D eigenvalue weighted by molar-refractivity contribution is 5.55. The molecule has 8 heteroatoms. The minimum atomic E-state index is -4.52. The summed E-state index contributed by atoms with van der Waals surface area (Å²) >= 11 is 0. The highest BCUT2D eigenvalue weighted by Crippen LogP contribution is 2.35.